The molecular formula is C23H22IN3O4. The van der Waals surface area contributed by atoms with Gasteiger partial charge in [-0.1, -0.05) is 30.4 Å². The summed E-state index contributed by atoms with van der Waals surface area (Å²) in [4.78, 5) is 30.4. The largest absolute Gasteiger partial charge is 0.481 e. The maximum atomic E-state index is 12.3. The summed E-state index contributed by atoms with van der Waals surface area (Å²) < 4.78 is 6.99. The molecule has 31 heavy (non-hydrogen) atoms. The van der Waals surface area contributed by atoms with Crippen LogP contribution in [0.3, 0.4) is 0 Å². The lowest BCUT2D eigenvalue weighted by Gasteiger charge is -2.29. The fourth-order valence-corrected chi connectivity index (χ4v) is 4.83. The molecule has 0 radical (unpaired) electrons. The van der Waals surface area contributed by atoms with E-state index in [0.29, 0.717) is 17.9 Å². The van der Waals surface area contributed by atoms with Crippen LogP contribution in [0.1, 0.15) is 23.1 Å². The molecule has 0 saturated heterocycles. The van der Waals surface area contributed by atoms with Gasteiger partial charge in [-0.05, 0) is 65.3 Å². The van der Waals surface area contributed by atoms with E-state index < -0.39 is 11.9 Å². The highest BCUT2D eigenvalue weighted by Gasteiger charge is 2.40. The molecule has 8 heteroatoms. The van der Waals surface area contributed by atoms with Gasteiger partial charge in [-0.3, -0.25) is 4.79 Å². The summed E-state index contributed by atoms with van der Waals surface area (Å²) in [6, 6.07) is 12.2. The number of fused-ring (bicyclic) bond motifs is 3. The topological polar surface area (TPSA) is 108 Å². The summed E-state index contributed by atoms with van der Waals surface area (Å²) in [6.45, 7) is 2.22. The van der Waals surface area contributed by atoms with Crippen LogP contribution < -0.4 is 21.3 Å². The summed E-state index contributed by atoms with van der Waals surface area (Å²) in [5, 5.41) is 0. The number of hydrogen-bond donors (Lipinski definition) is 2. The maximum absolute atomic E-state index is 12.3. The highest BCUT2D eigenvalue weighted by Crippen LogP contribution is 2.51. The molecule has 2 aromatic carbocycles. The SMILES string of the molecule is Cc1ccc2c(c1OCC(=O)ON)C1=C(C(N)=O)C=CCC1N2Cc1cccc(I)c1. The van der Waals surface area contributed by atoms with Crippen molar-refractivity contribution in [1.29, 1.82) is 0 Å². The quantitative estimate of drug-likeness (QED) is 0.439. The standard InChI is InChI=1S/C23H22IN3O4/c1-13-8-9-18-21(22(13)30-12-19(28)31-26)20-16(23(25)29)6-3-7-17(20)27(18)11-14-4-2-5-15(24)10-14/h2-6,8-10,17H,7,11-12,26H2,1H3,(H2,25,29). The first kappa shape index (κ1) is 21.4. The number of rotatable bonds is 6. The predicted octanol–water partition coefficient (Wildman–Crippen LogP) is 2.98. The second kappa shape index (κ2) is 8.72. The minimum Gasteiger partial charge on any atom is -0.481 e. The first-order valence-electron chi connectivity index (χ1n) is 9.78. The average Bonchev–Trinajstić information content (AvgIpc) is 3.06. The second-order valence-corrected chi connectivity index (χ2v) is 8.73. The maximum Gasteiger partial charge on any atom is 0.362 e. The van der Waals surface area contributed by atoms with Crippen LogP contribution in [-0.4, -0.2) is 24.5 Å². The Morgan fingerprint density at radius 1 is 1.26 bits per heavy atom. The van der Waals surface area contributed by atoms with E-state index in [-0.39, 0.29) is 12.6 Å². The molecule has 1 amide bonds. The Morgan fingerprint density at radius 3 is 2.77 bits per heavy atom. The number of hydrogen-bond acceptors (Lipinski definition) is 6. The number of halogens is 1. The summed E-state index contributed by atoms with van der Waals surface area (Å²) in [6.07, 6.45) is 4.47. The van der Waals surface area contributed by atoms with E-state index in [1.807, 2.05) is 37.3 Å². The highest BCUT2D eigenvalue weighted by atomic mass is 127. The Hall–Kier alpha value is -2.85. The summed E-state index contributed by atoms with van der Waals surface area (Å²) in [5.41, 5.74) is 10.7. The van der Waals surface area contributed by atoms with Gasteiger partial charge in [-0.25, -0.2) is 4.79 Å². The van der Waals surface area contributed by atoms with Crippen LogP contribution in [0.5, 0.6) is 5.75 Å². The van der Waals surface area contributed by atoms with Gasteiger partial charge in [0.1, 0.15) is 5.75 Å². The molecule has 0 bridgehead atoms. The molecular weight excluding hydrogens is 509 g/mol. The Labute approximate surface area is 193 Å². The van der Waals surface area contributed by atoms with Crippen LogP contribution in [-0.2, 0) is 21.0 Å². The van der Waals surface area contributed by atoms with Crippen LogP contribution >= 0.6 is 22.6 Å². The summed E-state index contributed by atoms with van der Waals surface area (Å²) in [7, 11) is 0. The summed E-state index contributed by atoms with van der Waals surface area (Å²) >= 11 is 2.30. The van der Waals surface area contributed by atoms with Crippen molar-refractivity contribution in [3.63, 3.8) is 0 Å². The van der Waals surface area contributed by atoms with Crippen LogP contribution in [0, 0.1) is 10.5 Å². The van der Waals surface area contributed by atoms with Gasteiger partial charge in [0.05, 0.1) is 6.04 Å². The molecule has 0 spiro atoms. The lowest BCUT2D eigenvalue weighted by Crippen LogP contribution is -2.33. The van der Waals surface area contributed by atoms with Gasteiger partial charge < -0.3 is 20.2 Å². The van der Waals surface area contributed by atoms with Gasteiger partial charge in [0.25, 0.3) is 0 Å². The minimum atomic E-state index is -0.685. The molecule has 4 rings (SSSR count). The molecule has 1 heterocycles. The first-order chi connectivity index (χ1) is 14.9. The number of primary amides is 1. The van der Waals surface area contributed by atoms with Gasteiger partial charge >= 0.3 is 5.97 Å². The minimum absolute atomic E-state index is 0.0639. The predicted molar refractivity (Wildman–Crippen MR) is 126 cm³/mol. The van der Waals surface area contributed by atoms with Crippen molar-refractivity contribution in [2.45, 2.75) is 25.9 Å². The zero-order valence-electron chi connectivity index (χ0n) is 16.9. The monoisotopic (exact) mass is 531 g/mol. The molecule has 4 N–H and O–H groups in total. The van der Waals surface area contributed by atoms with Gasteiger partial charge in [0.15, 0.2) is 6.61 Å². The lowest BCUT2D eigenvalue weighted by atomic mass is 9.88. The first-order valence-corrected chi connectivity index (χ1v) is 10.9. The van der Waals surface area contributed by atoms with Crippen LogP contribution in [0.4, 0.5) is 5.69 Å². The number of nitrogens with zero attached hydrogens (tertiary/aromatic N) is 1. The fourth-order valence-electron chi connectivity index (χ4n) is 4.22. The average molecular weight is 531 g/mol. The fraction of sp³-hybridized carbons (Fsp3) is 0.217. The molecule has 1 atom stereocenters. The van der Waals surface area contributed by atoms with Crippen LogP contribution in [0.2, 0.25) is 0 Å². The Bertz CT molecular complexity index is 1130. The van der Waals surface area contributed by atoms with E-state index in [4.69, 9.17) is 16.4 Å². The van der Waals surface area contributed by atoms with Crippen molar-refractivity contribution in [2.24, 2.45) is 11.6 Å². The lowest BCUT2D eigenvalue weighted by molar-refractivity contribution is -0.146. The van der Waals surface area contributed by atoms with Crippen molar-refractivity contribution in [2.75, 3.05) is 11.5 Å². The third-order valence-electron chi connectivity index (χ3n) is 5.53. The molecule has 2 aliphatic rings. The number of amides is 1. The van der Waals surface area contributed by atoms with E-state index in [1.54, 1.807) is 6.08 Å². The van der Waals surface area contributed by atoms with Crippen molar-refractivity contribution in [3.05, 3.63) is 74.4 Å². The number of anilines is 1. The number of aryl methyl sites for hydroxylation is 1. The molecule has 1 aliphatic carbocycles. The summed E-state index contributed by atoms with van der Waals surface area (Å²) in [5.74, 6) is 4.31. The van der Waals surface area contributed by atoms with Crippen molar-refractivity contribution < 1.29 is 19.2 Å². The molecule has 0 saturated carbocycles. The van der Waals surface area contributed by atoms with Crippen molar-refractivity contribution >= 4 is 45.7 Å². The number of carbonyl (C=O) groups excluding carboxylic acids is 2. The Morgan fingerprint density at radius 2 is 2.06 bits per heavy atom. The smallest absolute Gasteiger partial charge is 0.362 e. The highest BCUT2D eigenvalue weighted by molar-refractivity contribution is 14.1. The Balaban J connectivity index is 1.86. The van der Waals surface area contributed by atoms with Gasteiger partial charge in [0.2, 0.25) is 5.91 Å². The van der Waals surface area contributed by atoms with E-state index in [0.717, 1.165) is 37.9 Å². The zero-order valence-corrected chi connectivity index (χ0v) is 19.1. The molecule has 160 valence electrons. The van der Waals surface area contributed by atoms with Crippen LogP contribution in [0.25, 0.3) is 5.57 Å². The normalized spacial score (nSPS) is 16.7. The Kier molecular flexibility index (Phi) is 6.01. The van der Waals surface area contributed by atoms with E-state index in [2.05, 4.69) is 44.5 Å². The third kappa shape index (κ3) is 4.05. The van der Waals surface area contributed by atoms with E-state index in [1.165, 1.54) is 0 Å². The zero-order chi connectivity index (χ0) is 22.1. The van der Waals surface area contributed by atoms with Gasteiger partial charge in [0, 0.05) is 32.5 Å². The van der Waals surface area contributed by atoms with Crippen LogP contribution in [0.15, 0.2) is 54.1 Å². The second-order valence-electron chi connectivity index (χ2n) is 7.49. The van der Waals surface area contributed by atoms with E-state index >= 15 is 0 Å². The molecule has 0 fully saturated rings. The number of carbonyl (C=O) groups is 2. The number of ether oxygens (including phenoxy) is 1. The van der Waals surface area contributed by atoms with E-state index in [9.17, 15) is 9.59 Å². The van der Waals surface area contributed by atoms with Gasteiger partial charge in [-0.15, -0.1) is 0 Å². The third-order valence-corrected chi connectivity index (χ3v) is 6.20. The molecule has 1 unspecified atom stereocenters. The van der Waals surface area contributed by atoms with Gasteiger partial charge in [-0.2, -0.15) is 5.90 Å². The molecule has 1 aliphatic heterocycles. The van der Waals surface area contributed by atoms with Crippen molar-refractivity contribution in [3.8, 4) is 5.75 Å². The molecule has 2 aromatic rings. The van der Waals surface area contributed by atoms with Crippen molar-refractivity contribution in [1.82, 2.24) is 0 Å². The molecule has 7 nitrogen and oxygen atoms in total. The number of benzene rings is 2. The molecule has 0 aromatic heterocycles. The number of nitrogens with two attached hydrogens (primary N) is 2.